The third-order valence-electron chi connectivity index (χ3n) is 5.07. The topological polar surface area (TPSA) is 61.8 Å². The monoisotopic (exact) mass is 391 g/mol. The van der Waals surface area contributed by atoms with Gasteiger partial charge in [-0.15, -0.1) is 0 Å². The molecule has 3 rings (SSSR count). The quantitative estimate of drug-likeness (QED) is 0.574. The molecule has 2 unspecified atom stereocenters. The predicted octanol–water partition coefficient (Wildman–Crippen LogP) is 2.65. The molecule has 0 bridgehead atoms. The van der Waals surface area contributed by atoms with Crippen LogP contribution >= 0.6 is 11.8 Å². The van der Waals surface area contributed by atoms with E-state index in [9.17, 15) is 0 Å². The van der Waals surface area contributed by atoms with Crippen LogP contribution in [-0.2, 0) is 11.3 Å². The van der Waals surface area contributed by atoms with Crippen LogP contribution in [-0.4, -0.2) is 60.3 Å². The van der Waals surface area contributed by atoms with E-state index in [2.05, 4.69) is 65.2 Å². The lowest BCUT2D eigenvalue weighted by atomic mass is 10.1. The summed E-state index contributed by atoms with van der Waals surface area (Å²) >= 11 is 2.07. The summed E-state index contributed by atoms with van der Waals surface area (Å²) in [5, 5.41) is 6.87. The first-order valence-corrected chi connectivity index (χ1v) is 11.0. The van der Waals surface area contributed by atoms with Gasteiger partial charge >= 0.3 is 0 Å². The molecule has 150 valence electrons. The van der Waals surface area contributed by atoms with Crippen LogP contribution in [0.25, 0.3) is 0 Å². The lowest BCUT2D eigenvalue weighted by molar-refractivity contribution is 0.0529. The van der Waals surface area contributed by atoms with Gasteiger partial charge in [-0.25, -0.2) is 9.98 Å². The highest BCUT2D eigenvalue weighted by Crippen LogP contribution is 2.36. The average Bonchev–Trinajstić information content (AvgIpc) is 3.11. The van der Waals surface area contributed by atoms with Gasteiger partial charge in [0.15, 0.2) is 5.96 Å². The molecule has 6 nitrogen and oxygen atoms in total. The lowest BCUT2D eigenvalue weighted by Crippen LogP contribution is -2.43. The molecular formula is C20H33N5OS. The van der Waals surface area contributed by atoms with Gasteiger partial charge in [-0.2, -0.15) is 11.8 Å². The number of nitrogens with zero attached hydrogens (tertiary/aromatic N) is 3. The zero-order valence-corrected chi connectivity index (χ0v) is 17.6. The van der Waals surface area contributed by atoms with Crippen molar-refractivity contribution in [1.29, 1.82) is 0 Å². The summed E-state index contributed by atoms with van der Waals surface area (Å²) in [5.74, 6) is 3.18. The van der Waals surface area contributed by atoms with Gasteiger partial charge in [-0.3, -0.25) is 0 Å². The fourth-order valence-corrected chi connectivity index (χ4v) is 4.73. The summed E-state index contributed by atoms with van der Waals surface area (Å²) in [7, 11) is 0. The molecule has 0 saturated carbocycles. The van der Waals surface area contributed by atoms with E-state index in [1.165, 1.54) is 18.6 Å². The Morgan fingerprint density at radius 3 is 3.00 bits per heavy atom. The number of hydrogen-bond donors (Lipinski definition) is 2. The first-order chi connectivity index (χ1) is 13.1. The van der Waals surface area contributed by atoms with Crippen molar-refractivity contribution in [3.05, 3.63) is 23.9 Å². The maximum atomic E-state index is 5.61. The number of ether oxygens (including phenoxy) is 1. The van der Waals surface area contributed by atoms with Crippen molar-refractivity contribution >= 4 is 23.5 Å². The molecule has 2 saturated heterocycles. The number of aliphatic imine (C=N–C) groups is 1. The van der Waals surface area contributed by atoms with Crippen LogP contribution in [0.3, 0.4) is 0 Å². The molecule has 2 N–H and O–H groups in total. The number of aromatic nitrogens is 1. The SMILES string of the molecule is CCNC(=NCc1ccc(N2CCOC(C)C2)nc1)NCC1(C)CCCS1. The van der Waals surface area contributed by atoms with Crippen molar-refractivity contribution < 1.29 is 4.74 Å². The highest BCUT2D eigenvalue weighted by atomic mass is 32.2. The summed E-state index contributed by atoms with van der Waals surface area (Å²) in [4.78, 5) is 11.7. The van der Waals surface area contributed by atoms with Crippen LogP contribution in [0.1, 0.15) is 39.2 Å². The van der Waals surface area contributed by atoms with Crippen molar-refractivity contribution in [1.82, 2.24) is 15.6 Å². The third kappa shape index (κ3) is 6.01. The van der Waals surface area contributed by atoms with Gasteiger partial charge in [0.2, 0.25) is 0 Å². The predicted molar refractivity (Wildman–Crippen MR) is 115 cm³/mol. The van der Waals surface area contributed by atoms with Gasteiger partial charge < -0.3 is 20.3 Å². The summed E-state index contributed by atoms with van der Waals surface area (Å²) in [5.41, 5.74) is 1.12. The maximum absolute atomic E-state index is 5.61. The number of guanidine groups is 1. The number of morpholine rings is 1. The van der Waals surface area contributed by atoms with E-state index >= 15 is 0 Å². The summed E-state index contributed by atoms with van der Waals surface area (Å²) < 4.78 is 5.93. The molecule has 2 aliphatic rings. The normalized spacial score (nSPS) is 26.3. The maximum Gasteiger partial charge on any atom is 0.191 e. The van der Waals surface area contributed by atoms with E-state index in [1.54, 1.807) is 0 Å². The highest BCUT2D eigenvalue weighted by Gasteiger charge is 2.29. The molecule has 0 aromatic carbocycles. The second kappa shape index (κ2) is 9.64. The number of anilines is 1. The molecule has 7 heteroatoms. The van der Waals surface area contributed by atoms with Crippen LogP contribution in [0.5, 0.6) is 0 Å². The first kappa shape index (κ1) is 20.3. The van der Waals surface area contributed by atoms with Crippen molar-refractivity contribution in [3.63, 3.8) is 0 Å². The summed E-state index contributed by atoms with van der Waals surface area (Å²) in [6, 6.07) is 4.23. The Hall–Kier alpha value is -1.47. The second-order valence-electron chi connectivity index (χ2n) is 7.60. The Morgan fingerprint density at radius 1 is 1.44 bits per heavy atom. The minimum Gasteiger partial charge on any atom is -0.375 e. The van der Waals surface area contributed by atoms with Crippen molar-refractivity contribution in [3.8, 4) is 0 Å². The van der Waals surface area contributed by atoms with Crippen LogP contribution in [0, 0.1) is 0 Å². The number of thioether (sulfide) groups is 1. The second-order valence-corrected chi connectivity index (χ2v) is 9.29. The Morgan fingerprint density at radius 2 is 2.33 bits per heavy atom. The van der Waals surface area contributed by atoms with Gasteiger partial charge in [0.05, 0.1) is 19.3 Å². The molecule has 2 aliphatic heterocycles. The van der Waals surface area contributed by atoms with Crippen LogP contribution < -0.4 is 15.5 Å². The van der Waals surface area contributed by atoms with Crippen LogP contribution in [0.4, 0.5) is 5.82 Å². The zero-order chi connectivity index (χ0) is 19.1. The number of pyridine rings is 1. The minimum atomic E-state index is 0.262. The first-order valence-electron chi connectivity index (χ1n) is 10.1. The minimum absolute atomic E-state index is 0.262. The largest absolute Gasteiger partial charge is 0.375 e. The number of nitrogens with one attached hydrogen (secondary N) is 2. The Labute approximate surface area is 167 Å². The number of rotatable bonds is 6. The molecule has 2 fully saturated rings. The smallest absolute Gasteiger partial charge is 0.191 e. The van der Waals surface area contributed by atoms with Crippen LogP contribution in [0.2, 0.25) is 0 Å². The van der Waals surface area contributed by atoms with Crippen molar-refractivity contribution in [2.24, 2.45) is 4.99 Å². The third-order valence-corrected chi connectivity index (χ3v) is 6.61. The molecule has 3 heterocycles. The Bertz CT molecular complexity index is 615. The molecular weight excluding hydrogens is 358 g/mol. The van der Waals surface area contributed by atoms with Crippen LogP contribution in [0.15, 0.2) is 23.3 Å². The molecule has 1 aromatic heterocycles. The van der Waals surface area contributed by atoms with Crippen molar-refractivity contribution in [2.75, 3.05) is 43.4 Å². The zero-order valence-electron chi connectivity index (χ0n) is 16.8. The molecule has 27 heavy (non-hydrogen) atoms. The van der Waals surface area contributed by atoms with E-state index in [1.807, 2.05) is 6.20 Å². The van der Waals surface area contributed by atoms with Crippen molar-refractivity contribution in [2.45, 2.75) is 51.0 Å². The van der Waals surface area contributed by atoms with E-state index < -0.39 is 0 Å². The summed E-state index contributed by atoms with van der Waals surface area (Å²) in [6.07, 6.45) is 4.79. The highest BCUT2D eigenvalue weighted by molar-refractivity contribution is 8.00. The number of hydrogen-bond acceptors (Lipinski definition) is 5. The molecule has 0 aliphatic carbocycles. The molecule has 0 amide bonds. The van der Waals surface area contributed by atoms with Gasteiger partial charge in [-0.1, -0.05) is 6.07 Å². The molecule has 0 spiro atoms. The average molecular weight is 392 g/mol. The fraction of sp³-hybridized carbons (Fsp3) is 0.700. The van der Waals surface area contributed by atoms with E-state index in [-0.39, 0.29) is 6.10 Å². The van der Waals surface area contributed by atoms with Gasteiger partial charge in [0.25, 0.3) is 0 Å². The van der Waals surface area contributed by atoms with Gasteiger partial charge in [0.1, 0.15) is 5.82 Å². The van der Waals surface area contributed by atoms with E-state index in [0.29, 0.717) is 11.3 Å². The van der Waals surface area contributed by atoms with E-state index in [4.69, 9.17) is 9.73 Å². The lowest BCUT2D eigenvalue weighted by Gasteiger charge is -2.32. The Kier molecular flexibility index (Phi) is 7.24. The molecule has 1 aromatic rings. The standard InChI is InChI=1S/C20H33N5OS/c1-4-21-19(24-15-20(3)8-5-11-27-20)23-13-17-6-7-18(22-12-17)25-9-10-26-16(2)14-25/h6-7,12,16H,4-5,8-11,13-15H2,1-3H3,(H2,21,23,24). The van der Waals surface area contributed by atoms with E-state index in [0.717, 1.165) is 50.1 Å². The Balaban J connectivity index is 1.55. The fourth-order valence-electron chi connectivity index (χ4n) is 3.48. The van der Waals surface area contributed by atoms with Gasteiger partial charge in [0, 0.05) is 37.1 Å². The molecule has 2 atom stereocenters. The molecule has 0 radical (unpaired) electrons. The van der Waals surface area contributed by atoms with Gasteiger partial charge in [-0.05, 0) is 51.0 Å². The summed E-state index contributed by atoms with van der Waals surface area (Å²) in [6.45, 7) is 11.6.